The molecule has 13 aliphatic rings. The van der Waals surface area contributed by atoms with Crippen molar-refractivity contribution >= 4 is 17.7 Å². The lowest BCUT2D eigenvalue weighted by molar-refractivity contribution is -0.147. The molecule has 43 heavy (non-hydrogen) atoms. The van der Waals surface area contributed by atoms with E-state index in [0.717, 1.165) is 69.2 Å². The van der Waals surface area contributed by atoms with E-state index >= 15 is 0 Å². The highest BCUT2D eigenvalue weighted by Gasteiger charge is 2.58. The number of hydrogen-bond donors (Lipinski definition) is 3. The van der Waals surface area contributed by atoms with Gasteiger partial charge in [0, 0.05) is 0 Å². The van der Waals surface area contributed by atoms with Crippen LogP contribution in [0, 0.1) is 69.5 Å². The number of amides is 3. The zero-order chi connectivity index (χ0) is 28.7. The van der Waals surface area contributed by atoms with Gasteiger partial charge in [0.15, 0.2) is 0 Å². The average molecular weight is 584 g/mol. The lowest BCUT2D eigenvalue weighted by Gasteiger charge is -2.56. The molecule has 12 bridgehead atoms. The Balaban J connectivity index is 0.916. The summed E-state index contributed by atoms with van der Waals surface area (Å²) in [5.41, 5.74) is 1.35. The summed E-state index contributed by atoms with van der Waals surface area (Å²) in [5.74, 6) is 6.73. The minimum atomic E-state index is -0.276. The number of hydrogen-bond acceptors (Lipinski definition) is 3. The highest BCUT2D eigenvalue weighted by atomic mass is 16.2. The standard InChI is InChI=1S/C37H49N3O3/c41-32(35-11-20-1-21(12-35)3-22(2-20)13-35)38-29-10-30(39-33(42)36-14-23-4-24(15-36)6-25(5-23)16-36)31(29)40-34(43)37-17-26-7-27(18-37)9-28(8-26)19-37/h10,20-28H,1-9,11-19H2,(H,38,41)(H,39,42)(H,40,43). The van der Waals surface area contributed by atoms with Gasteiger partial charge in [-0.05, 0) is 175 Å². The lowest BCUT2D eigenvalue weighted by atomic mass is 9.49. The van der Waals surface area contributed by atoms with Gasteiger partial charge in [-0.2, -0.15) is 0 Å². The van der Waals surface area contributed by atoms with Crippen LogP contribution in [0.4, 0.5) is 0 Å². The first-order valence-electron chi connectivity index (χ1n) is 18.1. The maximum atomic E-state index is 14.2. The third-order valence-electron chi connectivity index (χ3n) is 15.1. The van der Waals surface area contributed by atoms with Gasteiger partial charge in [0.05, 0.1) is 33.3 Å². The second-order valence-electron chi connectivity index (χ2n) is 18.3. The topological polar surface area (TPSA) is 87.3 Å². The van der Waals surface area contributed by atoms with E-state index < -0.39 is 0 Å². The largest absolute Gasteiger partial charge is 0.324 e. The molecule has 0 aromatic carbocycles. The molecule has 230 valence electrons. The summed E-state index contributed by atoms with van der Waals surface area (Å²) in [7, 11) is 0. The van der Waals surface area contributed by atoms with E-state index in [2.05, 4.69) is 16.0 Å². The van der Waals surface area contributed by atoms with E-state index in [0.29, 0.717) is 59.0 Å². The van der Waals surface area contributed by atoms with Gasteiger partial charge in [0.1, 0.15) is 0 Å². The highest BCUT2D eigenvalue weighted by Crippen LogP contribution is 2.62. The second-order valence-corrected chi connectivity index (χ2v) is 18.3. The molecule has 0 heterocycles. The molecule has 0 aliphatic heterocycles. The molecule has 3 amide bonds. The van der Waals surface area contributed by atoms with Gasteiger partial charge in [-0.3, -0.25) is 14.4 Å². The molecule has 13 aliphatic carbocycles. The smallest absolute Gasteiger partial charge is 0.230 e. The molecule has 6 nitrogen and oxygen atoms in total. The molecule has 0 spiro atoms. The van der Waals surface area contributed by atoms with Gasteiger partial charge in [-0.25, -0.2) is 0 Å². The van der Waals surface area contributed by atoms with Crippen molar-refractivity contribution in [2.75, 3.05) is 0 Å². The van der Waals surface area contributed by atoms with Gasteiger partial charge >= 0.3 is 0 Å². The Morgan fingerprint density at radius 1 is 0.442 bits per heavy atom. The molecule has 12 fully saturated rings. The Morgan fingerprint density at radius 3 is 1.05 bits per heavy atom. The van der Waals surface area contributed by atoms with Crippen molar-refractivity contribution in [2.24, 2.45) is 69.5 Å². The zero-order valence-corrected chi connectivity index (χ0v) is 25.7. The Hall–Kier alpha value is -2.11. The summed E-state index contributed by atoms with van der Waals surface area (Å²) in [5, 5.41) is 10.1. The third kappa shape index (κ3) is 3.92. The van der Waals surface area contributed by atoms with Gasteiger partial charge in [-0.15, -0.1) is 0 Å². The molecular weight excluding hydrogens is 534 g/mol. The monoisotopic (exact) mass is 583 g/mol. The molecule has 3 N–H and O–H groups in total. The highest BCUT2D eigenvalue weighted by molar-refractivity contribution is 5.91. The SMILES string of the molecule is O=C(NC1=CC(NC(=O)C23CC4CC(CC(C4)C2)C3)=C1NC(=O)C12CC3CC(CC(C3)C1)C2)C12CC3CC(CC(C3)C1)C2. The maximum Gasteiger partial charge on any atom is 0.230 e. The fourth-order valence-corrected chi connectivity index (χ4v) is 14.6. The number of carbonyl (C=O) groups excluding carboxylic acids is 3. The number of allylic oxidation sites excluding steroid dienone is 1. The van der Waals surface area contributed by atoms with Crippen LogP contribution in [0.5, 0.6) is 0 Å². The van der Waals surface area contributed by atoms with Crippen LogP contribution in [0.25, 0.3) is 0 Å². The normalized spacial score (nSPS) is 50.9. The minimum Gasteiger partial charge on any atom is -0.324 e. The first kappa shape index (κ1) is 26.1. The van der Waals surface area contributed by atoms with Crippen LogP contribution in [-0.2, 0) is 14.4 Å². The molecule has 13 rings (SSSR count). The van der Waals surface area contributed by atoms with Crippen molar-refractivity contribution in [1.29, 1.82) is 0 Å². The van der Waals surface area contributed by atoms with Gasteiger partial charge in [0.2, 0.25) is 17.7 Å². The quantitative estimate of drug-likeness (QED) is 0.354. The average Bonchev–Trinajstić information content (AvgIpc) is 2.93. The van der Waals surface area contributed by atoms with Crippen LogP contribution in [0.15, 0.2) is 23.2 Å². The minimum absolute atomic E-state index is 0.137. The van der Waals surface area contributed by atoms with Crippen LogP contribution < -0.4 is 16.0 Å². The molecule has 12 saturated carbocycles. The Kier molecular flexibility index (Phi) is 5.34. The van der Waals surface area contributed by atoms with Crippen molar-refractivity contribution in [3.63, 3.8) is 0 Å². The molecule has 6 heteroatoms. The number of nitrogens with one attached hydrogen (secondary N) is 3. The van der Waals surface area contributed by atoms with Gasteiger partial charge in [0.25, 0.3) is 0 Å². The van der Waals surface area contributed by atoms with E-state index in [1.165, 1.54) is 57.8 Å². The van der Waals surface area contributed by atoms with Crippen LogP contribution in [0.1, 0.15) is 116 Å². The van der Waals surface area contributed by atoms with E-state index in [9.17, 15) is 14.4 Å². The van der Waals surface area contributed by atoms with E-state index in [4.69, 9.17) is 0 Å². The van der Waals surface area contributed by atoms with E-state index in [-0.39, 0.29) is 34.0 Å². The maximum absolute atomic E-state index is 14.2. The van der Waals surface area contributed by atoms with Crippen LogP contribution in [-0.4, -0.2) is 17.7 Å². The predicted molar refractivity (Wildman–Crippen MR) is 161 cm³/mol. The summed E-state index contributed by atoms with van der Waals surface area (Å²) in [6, 6.07) is 0. The van der Waals surface area contributed by atoms with E-state index in [1.54, 1.807) is 0 Å². The Bertz CT molecular complexity index is 1260. The van der Waals surface area contributed by atoms with Gasteiger partial charge < -0.3 is 16.0 Å². The van der Waals surface area contributed by atoms with Crippen molar-refractivity contribution in [2.45, 2.75) is 116 Å². The fourth-order valence-electron chi connectivity index (χ4n) is 14.6. The summed E-state index contributed by atoms with van der Waals surface area (Å²) in [6.07, 6.45) is 22.8. The molecule has 0 aromatic rings. The molecule has 0 aromatic heterocycles. The van der Waals surface area contributed by atoms with Crippen molar-refractivity contribution in [3.8, 4) is 0 Å². The summed E-state index contributed by atoms with van der Waals surface area (Å²) >= 11 is 0. The molecule has 0 unspecified atom stereocenters. The van der Waals surface area contributed by atoms with Crippen LogP contribution in [0.3, 0.4) is 0 Å². The fraction of sp³-hybridized carbons (Fsp3) is 0.811. The Morgan fingerprint density at radius 2 is 0.721 bits per heavy atom. The molecular formula is C37H49N3O3. The number of carbonyl (C=O) groups is 3. The van der Waals surface area contributed by atoms with Crippen molar-refractivity contribution < 1.29 is 14.4 Å². The van der Waals surface area contributed by atoms with Crippen molar-refractivity contribution in [1.82, 2.24) is 16.0 Å². The van der Waals surface area contributed by atoms with Crippen LogP contribution >= 0.6 is 0 Å². The summed E-state index contributed by atoms with van der Waals surface area (Å²) in [6.45, 7) is 0. The third-order valence-corrected chi connectivity index (χ3v) is 15.1. The van der Waals surface area contributed by atoms with Crippen molar-refractivity contribution in [3.05, 3.63) is 23.2 Å². The van der Waals surface area contributed by atoms with Crippen LogP contribution in [0.2, 0.25) is 0 Å². The van der Waals surface area contributed by atoms with Gasteiger partial charge in [-0.1, -0.05) is 0 Å². The molecule has 0 radical (unpaired) electrons. The predicted octanol–water partition coefficient (Wildman–Crippen LogP) is 6.09. The number of rotatable bonds is 6. The first-order valence-corrected chi connectivity index (χ1v) is 18.1. The molecule has 0 saturated heterocycles. The second kappa shape index (κ2) is 8.78. The zero-order valence-electron chi connectivity index (χ0n) is 25.7. The first-order chi connectivity index (χ1) is 20.7. The lowest BCUT2D eigenvalue weighted by Crippen LogP contribution is -2.57. The molecule has 0 atom stereocenters. The Labute approximate surface area is 256 Å². The summed E-state index contributed by atoms with van der Waals surface area (Å²) < 4.78 is 0. The van der Waals surface area contributed by atoms with E-state index in [1.807, 2.05) is 6.08 Å². The summed E-state index contributed by atoms with van der Waals surface area (Å²) in [4.78, 5) is 42.3.